The third kappa shape index (κ3) is 2.99. The van der Waals surface area contributed by atoms with Gasteiger partial charge in [0.2, 0.25) is 0 Å². The maximum Gasteiger partial charge on any atom is 0.0543 e. The predicted octanol–water partition coefficient (Wildman–Crippen LogP) is 3.11. The van der Waals surface area contributed by atoms with Crippen molar-refractivity contribution in [1.29, 1.82) is 0 Å². The quantitative estimate of drug-likeness (QED) is 0.902. The van der Waals surface area contributed by atoms with Crippen LogP contribution in [-0.2, 0) is 6.54 Å². The number of rotatable bonds is 5. The maximum atomic E-state index is 4.38. The average molecular weight is 267 g/mol. The topological polar surface area (TPSA) is 28.2 Å². The zero-order valence-electron chi connectivity index (χ0n) is 11.9. The lowest BCUT2D eigenvalue weighted by atomic mass is 9.98. The van der Waals surface area contributed by atoms with Gasteiger partial charge >= 0.3 is 0 Å². The third-order valence-electron chi connectivity index (χ3n) is 3.96. The van der Waals surface area contributed by atoms with Crippen LogP contribution in [0.15, 0.2) is 48.7 Å². The molecule has 1 N–H and O–H groups in total. The fourth-order valence-corrected chi connectivity index (χ4v) is 2.84. The predicted molar refractivity (Wildman–Crippen MR) is 82.9 cm³/mol. The molecule has 0 bridgehead atoms. The molecule has 1 unspecified atom stereocenters. The van der Waals surface area contributed by atoms with Gasteiger partial charge in [-0.2, -0.15) is 0 Å². The summed E-state index contributed by atoms with van der Waals surface area (Å²) >= 11 is 0. The van der Waals surface area contributed by atoms with E-state index in [9.17, 15) is 0 Å². The van der Waals surface area contributed by atoms with Crippen molar-refractivity contribution in [2.75, 3.05) is 25.5 Å². The van der Waals surface area contributed by atoms with Crippen molar-refractivity contribution >= 4 is 5.69 Å². The van der Waals surface area contributed by atoms with E-state index in [1.165, 1.54) is 17.7 Å². The molecule has 2 aromatic rings. The third-order valence-corrected chi connectivity index (χ3v) is 3.96. The molecule has 0 spiro atoms. The van der Waals surface area contributed by atoms with Crippen LogP contribution in [0.25, 0.3) is 0 Å². The van der Waals surface area contributed by atoms with Gasteiger partial charge < -0.3 is 10.2 Å². The van der Waals surface area contributed by atoms with Crippen LogP contribution < -0.4 is 5.32 Å². The van der Waals surface area contributed by atoms with E-state index in [0.29, 0.717) is 5.92 Å². The van der Waals surface area contributed by atoms with Crippen molar-refractivity contribution in [1.82, 2.24) is 9.88 Å². The lowest BCUT2D eigenvalue weighted by Crippen LogP contribution is -2.21. The highest BCUT2D eigenvalue weighted by Gasteiger charge is 2.21. The molecular weight excluding hydrogens is 246 g/mol. The Bertz CT molecular complexity index is 553. The van der Waals surface area contributed by atoms with Gasteiger partial charge in [-0.3, -0.25) is 4.98 Å². The minimum Gasteiger partial charge on any atom is -0.384 e. The molecule has 1 aromatic heterocycles. The number of para-hydroxylation sites is 1. The summed E-state index contributed by atoms with van der Waals surface area (Å²) in [7, 11) is 2.17. The van der Waals surface area contributed by atoms with Crippen molar-refractivity contribution in [2.24, 2.45) is 0 Å². The van der Waals surface area contributed by atoms with Crippen LogP contribution in [-0.4, -0.2) is 30.0 Å². The van der Waals surface area contributed by atoms with Crippen LogP contribution in [0.1, 0.15) is 23.6 Å². The number of nitrogens with zero attached hydrogens (tertiary/aromatic N) is 2. The SMILES string of the molecule is CN(CCC1CNc2ccccc21)Cc1ccccn1. The van der Waals surface area contributed by atoms with Crippen LogP contribution in [0.2, 0.25) is 0 Å². The number of fused-ring (bicyclic) bond motifs is 1. The summed E-state index contributed by atoms with van der Waals surface area (Å²) in [6, 6.07) is 14.8. The number of benzene rings is 1. The first-order valence-electron chi connectivity index (χ1n) is 7.24. The molecule has 3 heteroatoms. The Hall–Kier alpha value is -1.87. The Morgan fingerprint density at radius 1 is 1.20 bits per heavy atom. The second kappa shape index (κ2) is 6.06. The Morgan fingerprint density at radius 3 is 2.90 bits per heavy atom. The highest BCUT2D eigenvalue weighted by Crippen LogP contribution is 2.33. The number of pyridine rings is 1. The van der Waals surface area contributed by atoms with Gasteiger partial charge in [0.25, 0.3) is 0 Å². The fourth-order valence-electron chi connectivity index (χ4n) is 2.84. The molecule has 1 aromatic carbocycles. The molecule has 20 heavy (non-hydrogen) atoms. The van der Waals surface area contributed by atoms with E-state index >= 15 is 0 Å². The largest absolute Gasteiger partial charge is 0.384 e. The fraction of sp³-hybridized carbons (Fsp3) is 0.353. The Morgan fingerprint density at radius 2 is 2.05 bits per heavy atom. The number of nitrogens with one attached hydrogen (secondary N) is 1. The summed E-state index contributed by atoms with van der Waals surface area (Å²) in [6.45, 7) is 3.08. The van der Waals surface area contributed by atoms with Crippen molar-refractivity contribution in [3.63, 3.8) is 0 Å². The Kier molecular flexibility index (Phi) is 3.97. The first kappa shape index (κ1) is 13.1. The molecule has 1 aliphatic rings. The second-order valence-corrected chi connectivity index (χ2v) is 5.51. The van der Waals surface area contributed by atoms with Gasteiger partial charge in [-0.1, -0.05) is 24.3 Å². The molecule has 0 fully saturated rings. The molecule has 0 amide bonds. The molecule has 0 saturated carbocycles. The summed E-state index contributed by atoms with van der Waals surface area (Å²) in [5.41, 5.74) is 3.92. The van der Waals surface area contributed by atoms with E-state index in [-0.39, 0.29) is 0 Å². The first-order valence-corrected chi connectivity index (χ1v) is 7.24. The minimum absolute atomic E-state index is 0.636. The summed E-state index contributed by atoms with van der Waals surface area (Å²) in [4.78, 5) is 6.73. The second-order valence-electron chi connectivity index (χ2n) is 5.51. The Balaban J connectivity index is 1.53. The standard InChI is InChI=1S/C17H21N3/c1-20(13-15-6-4-5-10-18-15)11-9-14-12-19-17-8-3-2-7-16(14)17/h2-8,10,14,19H,9,11-13H2,1H3. The highest BCUT2D eigenvalue weighted by atomic mass is 15.1. The van der Waals surface area contributed by atoms with Gasteiger partial charge in [-0.25, -0.2) is 0 Å². The molecule has 1 atom stereocenters. The summed E-state index contributed by atoms with van der Waals surface area (Å²) in [6.07, 6.45) is 3.05. The number of anilines is 1. The molecule has 3 rings (SSSR count). The van der Waals surface area contributed by atoms with E-state index in [1.54, 1.807) is 0 Å². The van der Waals surface area contributed by atoms with Crippen LogP contribution in [0.5, 0.6) is 0 Å². The van der Waals surface area contributed by atoms with Crippen LogP contribution in [0.3, 0.4) is 0 Å². The molecule has 0 aliphatic carbocycles. The Labute approximate surface area is 120 Å². The molecule has 1 aliphatic heterocycles. The van der Waals surface area contributed by atoms with Gasteiger partial charge in [-0.05, 0) is 43.8 Å². The first-order chi connectivity index (χ1) is 9.83. The van der Waals surface area contributed by atoms with Gasteiger partial charge in [0.15, 0.2) is 0 Å². The highest BCUT2D eigenvalue weighted by molar-refractivity contribution is 5.57. The van der Waals surface area contributed by atoms with Crippen molar-refractivity contribution in [2.45, 2.75) is 18.9 Å². The molecular formula is C17H21N3. The van der Waals surface area contributed by atoms with E-state index in [0.717, 1.165) is 25.3 Å². The summed E-state index contributed by atoms with van der Waals surface area (Å²) < 4.78 is 0. The number of hydrogen-bond donors (Lipinski definition) is 1. The van der Waals surface area contributed by atoms with Crippen LogP contribution in [0, 0.1) is 0 Å². The van der Waals surface area contributed by atoms with Gasteiger partial charge in [0.1, 0.15) is 0 Å². The maximum absolute atomic E-state index is 4.38. The summed E-state index contributed by atoms with van der Waals surface area (Å²) in [5.74, 6) is 0.636. The normalized spacial score (nSPS) is 17.0. The van der Waals surface area contributed by atoms with E-state index in [1.807, 2.05) is 18.3 Å². The summed E-state index contributed by atoms with van der Waals surface area (Å²) in [5, 5.41) is 3.49. The zero-order valence-corrected chi connectivity index (χ0v) is 11.9. The lowest BCUT2D eigenvalue weighted by molar-refractivity contribution is 0.310. The molecule has 0 radical (unpaired) electrons. The number of hydrogen-bond acceptors (Lipinski definition) is 3. The molecule has 2 heterocycles. The van der Waals surface area contributed by atoms with Crippen LogP contribution in [0.4, 0.5) is 5.69 Å². The van der Waals surface area contributed by atoms with Crippen LogP contribution >= 0.6 is 0 Å². The van der Waals surface area contributed by atoms with E-state index in [4.69, 9.17) is 0 Å². The zero-order chi connectivity index (χ0) is 13.8. The lowest BCUT2D eigenvalue weighted by Gasteiger charge is -2.18. The molecule has 104 valence electrons. The minimum atomic E-state index is 0.636. The van der Waals surface area contributed by atoms with E-state index in [2.05, 4.69) is 52.6 Å². The number of aromatic nitrogens is 1. The van der Waals surface area contributed by atoms with Gasteiger partial charge in [-0.15, -0.1) is 0 Å². The average Bonchev–Trinajstić information content (AvgIpc) is 2.89. The van der Waals surface area contributed by atoms with Crippen molar-refractivity contribution in [3.05, 3.63) is 59.9 Å². The van der Waals surface area contributed by atoms with Crippen molar-refractivity contribution < 1.29 is 0 Å². The smallest absolute Gasteiger partial charge is 0.0543 e. The van der Waals surface area contributed by atoms with E-state index < -0.39 is 0 Å². The van der Waals surface area contributed by atoms with Gasteiger partial charge in [0.05, 0.1) is 5.69 Å². The van der Waals surface area contributed by atoms with Gasteiger partial charge in [0, 0.05) is 30.9 Å². The molecule has 3 nitrogen and oxygen atoms in total. The van der Waals surface area contributed by atoms with Crippen molar-refractivity contribution in [3.8, 4) is 0 Å². The molecule has 0 saturated heterocycles. The monoisotopic (exact) mass is 267 g/mol.